The van der Waals surface area contributed by atoms with Crippen molar-refractivity contribution in [2.45, 2.75) is 13.3 Å². The first-order valence-electron chi connectivity index (χ1n) is 4.93. The molecule has 6 heteroatoms. The largest absolute Gasteiger partial charge is 0.481 e. The van der Waals surface area contributed by atoms with Gasteiger partial charge >= 0.3 is 5.97 Å². The molecule has 0 unspecified atom stereocenters. The summed E-state index contributed by atoms with van der Waals surface area (Å²) in [5.74, 6) is -1.14. The second-order valence-corrected chi connectivity index (χ2v) is 3.16. The number of carbonyl (C=O) groups excluding carboxylic acids is 1. The second kappa shape index (κ2) is 5.79. The first-order valence-corrected chi connectivity index (χ1v) is 4.93. The van der Waals surface area contributed by atoms with Gasteiger partial charge in [-0.05, 0) is 13.0 Å². The molecule has 0 saturated carbocycles. The van der Waals surface area contributed by atoms with Crippen molar-refractivity contribution in [1.29, 1.82) is 0 Å². The number of carbonyl (C=O) groups is 2. The van der Waals surface area contributed by atoms with Crippen molar-refractivity contribution in [3.05, 3.63) is 24.0 Å². The van der Waals surface area contributed by atoms with Crippen molar-refractivity contribution in [3.8, 4) is 0 Å². The van der Waals surface area contributed by atoms with Crippen molar-refractivity contribution >= 4 is 11.9 Å². The van der Waals surface area contributed by atoms with Crippen LogP contribution in [0, 0.1) is 0 Å². The predicted molar refractivity (Wildman–Crippen MR) is 55.9 cm³/mol. The molecule has 0 atom stereocenters. The van der Waals surface area contributed by atoms with E-state index in [0.29, 0.717) is 12.1 Å². The summed E-state index contributed by atoms with van der Waals surface area (Å²) in [7, 11) is 0. The highest BCUT2D eigenvalue weighted by Gasteiger charge is 2.14. The van der Waals surface area contributed by atoms with E-state index in [-0.39, 0.29) is 18.9 Å². The van der Waals surface area contributed by atoms with Crippen LogP contribution in [0.2, 0.25) is 0 Å². The van der Waals surface area contributed by atoms with Gasteiger partial charge in [0.15, 0.2) is 0 Å². The second-order valence-electron chi connectivity index (χ2n) is 3.16. The zero-order chi connectivity index (χ0) is 12.0. The summed E-state index contributed by atoms with van der Waals surface area (Å²) in [6.45, 7) is 2.47. The van der Waals surface area contributed by atoms with Crippen LogP contribution in [0.3, 0.4) is 0 Å². The van der Waals surface area contributed by atoms with Gasteiger partial charge in [-0.2, -0.15) is 10.2 Å². The van der Waals surface area contributed by atoms with Crippen LogP contribution in [0.1, 0.15) is 23.7 Å². The highest BCUT2D eigenvalue weighted by Crippen LogP contribution is 2.02. The summed E-state index contributed by atoms with van der Waals surface area (Å²) in [5, 5.41) is 15.7. The molecule has 1 rings (SSSR count). The summed E-state index contributed by atoms with van der Waals surface area (Å²) in [6, 6.07) is 1.55. The van der Waals surface area contributed by atoms with Crippen LogP contribution in [0.15, 0.2) is 18.5 Å². The Morgan fingerprint density at radius 3 is 2.69 bits per heavy atom. The number of nitrogens with zero attached hydrogens (tertiary/aromatic N) is 3. The van der Waals surface area contributed by atoms with Gasteiger partial charge in [-0.1, -0.05) is 0 Å². The zero-order valence-electron chi connectivity index (χ0n) is 8.96. The Labute approximate surface area is 92.9 Å². The molecule has 0 aliphatic rings. The van der Waals surface area contributed by atoms with E-state index in [9.17, 15) is 9.59 Å². The van der Waals surface area contributed by atoms with E-state index in [1.807, 2.05) is 0 Å². The Balaban J connectivity index is 2.66. The monoisotopic (exact) mass is 223 g/mol. The fourth-order valence-electron chi connectivity index (χ4n) is 1.23. The molecular formula is C10H13N3O3. The normalized spacial score (nSPS) is 9.81. The van der Waals surface area contributed by atoms with Crippen molar-refractivity contribution in [2.75, 3.05) is 13.1 Å². The zero-order valence-corrected chi connectivity index (χ0v) is 8.96. The topological polar surface area (TPSA) is 83.4 Å². The predicted octanol–water partition coefficient (Wildman–Crippen LogP) is 0.413. The van der Waals surface area contributed by atoms with Crippen LogP contribution in [0.5, 0.6) is 0 Å². The molecule has 0 aromatic carbocycles. The van der Waals surface area contributed by atoms with Crippen LogP contribution >= 0.6 is 0 Å². The van der Waals surface area contributed by atoms with Crippen molar-refractivity contribution < 1.29 is 14.7 Å². The summed E-state index contributed by atoms with van der Waals surface area (Å²) in [5.41, 5.74) is 0.419. The van der Waals surface area contributed by atoms with Crippen LogP contribution < -0.4 is 0 Å². The quantitative estimate of drug-likeness (QED) is 0.781. The van der Waals surface area contributed by atoms with Crippen LogP contribution in [-0.4, -0.2) is 45.2 Å². The number of amides is 1. The van der Waals surface area contributed by atoms with E-state index in [1.165, 1.54) is 17.3 Å². The number of aliphatic carboxylic acids is 1. The molecule has 1 N–H and O–H groups in total. The first kappa shape index (κ1) is 12.1. The van der Waals surface area contributed by atoms with Gasteiger partial charge in [0, 0.05) is 13.1 Å². The maximum Gasteiger partial charge on any atom is 0.305 e. The van der Waals surface area contributed by atoms with Gasteiger partial charge in [-0.3, -0.25) is 9.59 Å². The SMILES string of the molecule is CCN(CCC(=O)O)C(=O)c1ccnnc1. The highest BCUT2D eigenvalue weighted by atomic mass is 16.4. The molecule has 0 fully saturated rings. The Morgan fingerprint density at radius 1 is 1.44 bits per heavy atom. The van der Waals surface area contributed by atoms with E-state index >= 15 is 0 Å². The average Bonchev–Trinajstić information content (AvgIpc) is 2.30. The molecule has 1 aromatic heterocycles. The fourth-order valence-corrected chi connectivity index (χ4v) is 1.23. The van der Waals surface area contributed by atoms with Crippen LogP contribution in [0.4, 0.5) is 0 Å². The Morgan fingerprint density at radius 2 is 2.19 bits per heavy atom. The molecule has 1 aromatic rings. The molecule has 0 aliphatic carbocycles. The molecule has 0 bridgehead atoms. The molecule has 86 valence electrons. The minimum atomic E-state index is -0.917. The number of hydrogen-bond donors (Lipinski definition) is 1. The smallest absolute Gasteiger partial charge is 0.305 e. The number of carboxylic acids is 1. The molecule has 0 saturated heterocycles. The van der Waals surface area contributed by atoms with E-state index in [0.717, 1.165) is 0 Å². The Bertz CT molecular complexity index is 367. The number of hydrogen-bond acceptors (Lipinski definition) is 4. The molecule has 16 heavy (non-hydrogen) atoms. The molecule has 0 radical (unpaired) electrons. The molecule has 0 spiro atoms. The minimum Gasteiger partial charge on any atom is -0.481 e. The third-order valence-corrected chi connectivity index (χ3v) is 2.10. The van der Waals surface area contributed by atoms with E-state index in [2.05, 4.69) is 10.2 Å². The van der Waals surface area contributed by atoms with Gasteiger partial charge in [-0.15, -0.1) is 0 Å². The standard InChI is InChI=1S/C10H13N3O3/c1-2-13(6-4-9(14)15)10(16)8-3-5-11-12-7-8/h3,5,7H,2,4,6H2,1H3,(H,14,15). The molecule has 1 heterocycles. The van der Waals surface area contributed by atoms with Gasteiger partial charge < -0.3 is 10.0 Å². The van der Waals surface area contributed by atoms with Crippen LogP contribution in [0.25, 0.3) is 0 Å². The maximum absolute atomic E-state index is 11.9. The van der Waals surface area contributed by atoms with Gasteiger partial charge in [0.25, 0.3) is 5.91 Å². The lowest BCUT2D eigenvalue weighted by molar-refractivity contribution is -0.137. The summed E-state index contributed by atoms with van der Waals surface area (Å²) < 4.78 is 0. The number of aromatic nitrogens is 2. The van der Waals surface area contributed by atoms with Crippen LogP contribution in [-0.2, 0) is 4.79 Å². The van der Waals surface area contributed by atoms with Gasteiger partial charge in [0.2, 0.25) is 0 Å². The minimum absolute atomic E-state index is 0.0574. The lowest BCUT2D eigenvalue weighted by Crippen LogP contribution is -2.32. The third-order valence-electron chi connectivity index (χ3n) is 2.10. The Kier molecular flexibility index (Phi) is 4.38. The average molecular weight is 223 g/mol. The summed E-state index contributed by atoms with van der Waals surface area (Å²) in [4.78, 5) is 23.7. The third kappa shape index (κ3) is 3.30. The van der Waals surface area contributed by atoms with Gasteiger partial charge in [0.05, 0.1) is 24.4 Å². The Hall–Kier alpha value is -1.98. The van der Waals surface area contributed by atoms with Gasteiger partial charge in [0.1, 0.15) is 0 Å². The summed E-state index contributed by atoms with van der Waals surface area (Å²) in [6.07, 6.45) is 2.74. The number of rotatable bonds is 5. The molecule has 1 amide bonds. The summed E-state index contributed by atoms with van der Waals surface area (Å²) >= 11 is 0. The fraction of sp³-hybridized carbons (Fsp3) is 0.400. The number of carboxylic acid groups (broad SMARTS) is 1. The molecular weight excluding hydrogens is 210 g/mol. The van der Waals surface area contributed by atoms with E-state index in [4.69, 9.17) is 5.11 Å². The first-order chi connectivity index (χ1) is 7.65. The maximum atomic E-state index is 11.9. The lowest BCUT2D eigenvalue weighted by Gasteiger charge is -2.19. The van der Waals surface area contributed by atoms with E-state index in [1.54, 1.807) is 13.0 Å². The van der Waals surface area contributed by atoms with Gasteiger partial charge in [-0.25, -0.2) is 0 Å². The lowest BCUT2D eigenvalue weighted by atomic mass is 10.2. The van der Waals surface area contributed by atoms with Crippen molar-refractivity contribution in [2.24, 2.45) is 0 Å². The van der Waals surface area contributed by atoms with Crippen molar-refractivity contribution in [3.63, 3.8) is 0 Å². The highest BCUT2D eigenvalue weighted by molar-refractivity contribution is 5.93. The molecule has 0 aliphatic heterocycles. The molecule has 6 nitrogen and oxygen atoms in total. The van der Waals surface area contributed by atoms with Crippen molar-refractivity contribution in [1.82, 2.24) is 15.1 Å². The van der Waals surface area contributed by atoms with E-state index < -0.39 is 5.97 Å².